The van der Waals surface area contributed by atoms with Crippen molar-refractivity contribution in [2.45, 2.75) is 26.0 Å². The molecule has 4 rings (SSSR count). The first-order chi connectivity index (χ1) is 15.6. The lowest BCUT2D eigenvalue weighted by Crippen LogP contribution is -2.45. The van der Waals surface area contributed by atoms with E-state index in [0.717, 1.165) is 27.6 Å². The molecule has 2 amide bonds. The molecule has 1 atom stereocenters. The first-order valence-electron chi connectivity index (χ1n) is 10.5. The molecule has 0 saturated heterocycles. The lowest BCUT2D eigenvalue weighted by molar-refractivity contribution is -0.118. The Morgan fingerprint density at radius 2 is 1.66 bits per heavy atom. The summed E-state index contributed by atoms with van der Waals surface area (Å²) in [7, 11) is 0. The molecule has 6 nitrogen and oxygen atoms in total. The summed E-state index contributed by atoms with van der Waals surface area (Å²) in [6.45, 7) is 2.11. The molecule has 162 valence electrons. The minimum atomic E-state index is -0.807. The quantitative estimate of drug-likeness (QED) is 0.390. The predicted molar refractivity (Wildman–Crippen MR) is 125 cm³/mol. The largest absolute Gasteiger partial charge is 0.445 e. The van der Waals surface area contributed by atoms with Gasteiger partial charge in [0.15, 0.2) is 0 Å². The molecule has 1 aromatic heterocycles. The van der Waals surface area contributed by atoms with E-state index in [2.05, 4.69) is 15.6 Å². The van der Waals surface area contributed by atoms with Gasteiger partial charge in [-0.25, -0.2) is 4.79 Å². The van der Waals surface area contributed by atoms with Crippen molar-refractivity contribution >= 4 is 28.6 Å². The van der Waals surface area contributed by atoms with Gasteiger partial charge in [-0.2, -0.15) is 0 Å². The summed E-state index contributed by atoms with van der Waals surface area (Å²) in [6, 6.07) is 24.0. The fourth-order valence-electron chi connectivity index (χ4n) is 3.50. The van der Waals surface area contributed by atoms with Gasteiger partial charge in [0.25, 0.3) is 0 Å². The summed E-state index contributed by atoms with van der Waals surface area (Å²) in [5, 5.41) is 6.64. The Kier molecular flexibility index (Phi) is 6.51. The number of aryl methyl sites for hydroxylation is 1. The topological polar surface area (TPSA) is 83.2 Å². The van der Waals surface area contributed by atoms with E-state index in [1.54, 1.807) is 0 Å². The molecule has 32 heavy (non-hydrogen) atoms. The molecule has 3 aromatic carbocycles. The number of carbonyl (C=O) groups is 2. The third kappa shape index (κ3) is 5.35. The van der Waals surface area contributed by atoms with Gasteiger partial charge >= 0.3 is 6.09 Å². The van der Waals surface area contributed by atoms with E-state index in [4.69, 9.17) is 4.74 Å². The van der Waals surface area contributed by atoms with Crippen LogP contribution in [0.5, 0.6) is 0 Å². The molecule has 0 spiro atoms. The van der Waals surface area contributed by atoms with Gasteiger partial charge in [-0.3, -0.25) is 4.79 Å². The van der Waals surface area contributed by atoms with E-state index in [1.165, 1.54) is 0 Å². The number of H-pyrrole nitrogens is 1. The van der Waals surface area contributed by atoms with Crippen molar-refractivity contribution in [3.63, 3.8) is 0 Å². The number of carbonyl (C=O) groups excluding carboxylic acids is 2. The van der Waals surface area contributed by atoms with Crippen molar-refractivity contribution in [1.29, 1.82) is 0 Å². The fraction of sp³-hybridized carbons (Fsp3) is 0.154. The molecule has 0 aliphatic rings. The van der Waals surface area contributed by atoms with Crippen LogP contribution in [0.1, 0.15) is 16.7 Å². The Labute approximate surface area is 186 Å². The summed E-state index contributed by atoms with van der Waals surface area (Å²) in [6.07, 6.45) is 1.55. The van der Waals surface area contributed by atoms with E-state index in [0.29, 0.717) is 12.1 Å². The Morgan fingerprint density at radius 1 is 0.938 bits per heavy atom. The molecule has 0 aliphatic carbocycles. The number of hydrogen-bond donors (Lipinski definition) is 3. The Bertz CT molecular complexity index is 1200. The average Bonchev–Trinajstić information content (AvgIpc) is 3.22. The number of fused-ring (bicyclic) bond motifs is 1. The first-order valence-corrected chi connectivity index (χ1v) is 10.5. The Morgan fingerprint density at radius 3 is 2.44 bits per heavy atom. The summed E-state index contributed by atoms with van der Waals surface area (Å²) in [5.41, 5.74) is 4.56. The van der Waals surface area contributed by atoms with E-state index in [-0.39, 0.29) is 12.5 Å². The lowest BCUT2D eigenvalue weighted by atomic mass is 10.0. The van der Waals surface area contributed by atoms with E-state index in [1.807, 2.05) is 92.0 Å². The van der Waals surface area contributed by atoms with Gasteiger partial charge in [0.05, 0.1) is 0 Å². The van der Waals surface area contributed by atoms with E-state index >= 15 is 0 Å². The maximum atomic E-state index is 13.1. The number of amides is 2. The Hall–Kier alpha value is -4.06. The highest BCUT2D eigenvalue weighted by molar-refractivity contribution is 5.97. The maximum Gasteiger partial charge on any atom is 0.408 e. The van der Waals surface area contributed by atoms with Crippen LogP contribution in [0, 0.1) is 6.92 Å². The molecule has 4 aromatic rings. The van der Waals surface area contributed by atoms with Gasteiger partial charge in [-0.15, -0.1) is 0 Å². The van der Waals surface area contributed by atoms with Crippen LogP contribution in [0.3, 0.4) is 0 Å². The van der Waals surface area contributed by atoms with Crippen LogP contribution in [0.4, 0.5) is 10.5 Å². The summed E-state index contributed by atoms with van der Waals surface area (Å²) in [4.78, 5) is 28.8. The van der Waals surface area contributed by atoms with Crippen molar-refractivity contribution in [3.8, 4) is 0 Å². The predicted octanol–water partition coefficient (Wildman–Crippen LogP) is 4.95. The number of alkyl carbamates (subject to hydrolysis) is 1. The van der Waals surface area contributed by atoms with Crippen molar-refractivity contribution in [2.24, 2.45) is 0 Å². The van der Waals surface area contributed by atoms with Crippen LogP contribution < -0.4 is 10.6 Å². The molecule has 0 saturated carbocycles. The van der Waals surface area contributed by atoms with Crippen molar-refractivity contribution in [1.82, 2.24) is 10.3 Å². The van der Waals surface area contributed by atoms with E-state index < -0.39 is 12.1 Å². The molecule has 0 unspecified atom stereocenters. The number of nitrogens with one attached hydrogen (secondary N) is 3. The monoisotopic (exact) mass is 427 g/mol. The zero-order valence-electron chi connectivity index (χ0n) is 17.8. The molecule has 0 radical (unpaired) electrons. The molecule has 0 bridgehead atoms. The van der Waals surface area contributed by atoms with E-state index in [9.17, 15) is 9.59 Å². The molecule has 6 heteroatoms. The fourth-order valence-corrected chi connectivity index (χ4v) is 3.50. The van der Waals surface area contributed by atoms with Crippen LogP contribution in [-0.4, -0.2) is 23.0 Å². The number of hydrogen-bond acceptors (Lipinski definition) is 3. The average molecular weight is 428 g/mol. The van der Waals surface area contributed by atoms with Crippen LogP contribution >= 0.6 is 0 Å². The maximum absolute atomic E-state index is 13.1. The normalized spacial score (nSPS) is 11.7. The van der Waals surface area contributed by atoms with Crippen molar-refractivity contribution < 1.29 is 14.3 Å². The second-order valence-electron chi connectivity index (χ2n) is 7.68. The second kappa shape index (κ2) is 9.83. The number of aromatic amines is 1. The minimum Gasteiger partial charge on any atom is -0.445 e. The number of rotatable bonds is 7. The number of para-hydroxylation sites is 1. The smallest absolute Gasteiger partial charge is 0.408 e. The highest BCUT2D eigenvalue weighted by atomic mass is 16.5. The van der Waals surface area contributed by atoms with Gasteiger partial charge in [-0.1, -0.05) is 66.2 Å². The number of anilines is 1. The molecule has 3 N–H and O–H groups in total. The van der Waals surface area contributed by atoms with Gasteiger partial charge in [-0.05, 0) is 36.2 Å². The van der Waals surface area contributed by atoms with Crippen LogP contribution in [0.25, 0.3) is 10.9 Å². The molecule has 1 heterocycles. The number of benzene rings is 3. The highest BCUT2D eigenvalue weighted by Gasteiger charge is 2.23. The van der Waals surface area contributed by atoms with Gasteiger partial charge in [0, 0.05) is 29.2 Å². The third-order valence-electron chi connectivity index (χ3n) is 5.24. The van der Waals surface area contributed by atoms with Crippen LogP contribution in [0.15, 0.2) is 85.1 Å². The van der Waals surface area contributed by atoms with Crippen molar-refractivity contribution in [2.75, 3.05) is 5.32 Å². The second-order valence-corrected chi connectivity index (χ2v) is 7.68. The van der Waals surface area contributed by atoms with Gasteiger partial charge in [0.1, 0.15) is 12.6 Å². The number of ether oxygens (including phenoxy) is 1. The zero-order valence-corrected chi connectivity index (χ0v) is 17.8. The van der Waals surface area contributed by atoms with Crippen LogP contribution in [-0.2, 0) is 22.6 Å². The Balaban J connectivity index is 1.49. The molecular weight excluding hydrogens is 402 g/mol. The minimum absolute atomic E-state index is 0.131. The number of aromatic nitrogens is 1. The standard InChI is InChI=1S/C26H25N3O3/c1-18-11-13-21(14-12-18)28-25(30)24(15-20-16-27-23-10-6-5-9-22(20)23)29-26(31)32-17-19-7-3-2-4-8-19/h2-14,16,24,27H,15,17H2,1H3,(H,28,30)(H,29,31)/t24-/m1/s1. The first kappa shape index (κ1) is 21.2. The zero-order chi connectivity index (χ0) is 22.3. The van der Waals surface area contributed by atoms with Gasteiger partial charge < -0.3 is 20.4 Å². The highest BCUT2D eigenvalue weighted by Crippen LogP contribution is 2.20. The SMILES string of the molecule is Cc1ccc(NC(=O)[C@@H](Cc2c[nH]c3ccccc23)NC(=O)OCc2ccccc2)cc1. The third-order valence-corrected chi connectivity index (χ3v) is 5.24. The summed E-state index contributed by atoms with van der Waals surface area (Å²) >= 11 is 0. The summed E-state index contributed by atoms with van der Waals surface area (Å²) < 4.78 is 5.34. The van der Waals surface area contributed by atoms with Gasteiger partial charge in [0.2, 0.25) is 5.91 Å². The molecule has 0 fully saturated rings. The molecule has 0 aliphatic heterocycles. The lowest BCUT2D eigenvalue weighted by Gasteiger charge is -2.18. The van der Waals surface area contributed by atoms with Crippen molar-refractivity contribution in [3.05, 3.63) is 102 Å². The molecular formula is C26H25N3O3. The summed E-state index contributed by atoms with van der Waals surface area (Å²) in [5.74, 6) is -0.309. The van der Waals surface area contributed by atoms with Crippen LogP contribution in [0.2, 0.25) is 0 Å².